The maximum Gasteiger partial charge on any atom is 0.316 e. The fraction of sp³-hybridized carbons (Fsp3) is 0.400. The van der Waals surface area contributed by atoms with Gasteiger partial charge in [0, 0.05) is 16.7 Å². The van der Waals surface area contributed by atoms with Gasteiger partial charge in [0.2, 0.25) is 5.12 Å². The number of carbonyl (C=O) groups is 4. The Hall–Kier alpha value is -2.19. The van der Waals surface area contributed by atoms with Crippen LogP contribution in [0.1, 0.15) is 49.9 Å². The number of ether oxygens (including phenoxy) is 1. The molecule has 1 heterocycles. The molecule has 0 saturated heterocycles. The zero-order valence-corrected chi connectivity index (χ0v) is 17.5. The Morgan fingerprint density at radius 2 is 1.76 bits per heavy atom. The number of hydrogen-bond acceptors (Lipinski definition) is 6. The number of imide groups is 1. The lowest BCUT2D eigenvalue weighted by Gasteiger charge is -2.17. The van der Waals surface area contributed by atoms with Gasteiger partial charge in [-0.25, -0.2) is 9.29 Å². The van der Waals surface area contributed by atoms with Gasteiger partial charge in [0.15, 0.2) is 0 Å². The van der Waals surface area contributed by atoms with Crippen LogP contribution in [0.5, 0.6) is 0 Å². The van der Waals surface area contributed by atoms with Crippen LogP contribution in [0.3, 0.4) is 0 Å². The molecule has 0 spiro atoms. The Morgan fingerprint density at radius 1 is 1.17 bits per heavy atom. The first-order valence-electron chi connectivity index (χ1n) is 9.17. The van der Waals surface area contributed by atoms with E-state index in [2.05, 4.69) is 0 Å². The van der Waals surface area contributed by atoms with Crippen LogP contribution in [0, 0.1) is 5.82 Å². The number of nitrogens with zero attached hydrogens (tertiary/aromatic N) is 1. The van der Waals surface area contributed by atoms with Crippen LogP contribution in [0.2, 0.25) is 5.02 Å². The third-order valence-electron chi connectivity index (χ3n) is 4.58. The molecule has 0 N–H and O–H groups in total. The molecule has 2 aliphatic rings. The van der Waals surface area contributed by atoms with Gasteiger partial charge in [-0.2, -0.15) is 0 Å². The first-order chi connectivity index (χ1) is 13.7. The van der Waals surface area contributed by atoms with E-state index in [9.17, 15) is 23.6 Å². The molecule has 6 nitrogen and oxygen atoms in total. The molecule has 1 aliphatic carbocycles. The smallest absolute Gasteiger partial charge is 0.316 e. The van der Waals surface area contributed by atoms with Crippen molar-refractivity contribution < 1.29 is 28.3 Å². The second-order valence-corrected chi connectivity index (χ2v) is 8.36. The number of esters is 1. The minimum atomic E-state index is -0.877. The maximum atomic E-state index is 14.6. The molecular formula is C20H19ClFNO5S. The first-order valence-corrected chi connectivity index (χ1v) is 10.5. The van der Waals surface area contributed by atoms with Crippen molar-refractivity contribution in [2.24, 2.45) is 0 Å². The molecule has 9 heteroatoms. The van der Waals surface area contributed by atoms with Crippen molar-refractivity contribution in [3.05, 3.63) is 39.7 Å². The molecule has 29 heavy (non-hydrogen) atoms. The summed E-state index contributed by atoms with van der Waals surface area (Å²) in [6.45, 7) is 3.37. The number of anilines is 1. The minimum Gasteiger partial charge on any atom is -0.462 e. The molecule has 2 amide bonds. The third-order valence-corrected chi connectivity index (χ3v) is 5.75. The number of thioether (sulfide) groups is 1. The highest BCUT2D eigenvalue weighted by molar-refractivity contribution is 8.14. The quantitative estimate of drug-likeness (QED) is 0.508. The summed E-state index contributed by atoms with van der Waals surface area (Å²) in [7, 11) is 0. The summed E-state index contributed by atoms with van der Waals surface area (Å²) in [6.07, 6.45) is 2.23. The number of carbonyl (C=O) groups excluding carboxylic acids is 4. The molecule has 0 radical (unpaired) electrons. The molecule has 154 valence electrons. The van der Waals surface area contributed by atoms with E-state index in [0.29, 0.717) is 35.7 Å². The van der Waals surface area contributed by atoms with Gasteiger partial charge in [0.05, 0.1) is 22.6 Å². The van der Waals surface area contributed by atoms with Crippen molar-refractivity contribution in [2.75, 3.05) is 10.7 Å². The molecule has 1 aromatic rings. The molecule has 0 bridgehead atoms. The summed E-state index contributed by atoms with van der Waals surface area (Å²) < 4.78 is 19.6. The number of hydrogen-bond donors (Lipinski definition) is 0. The summed E-state index contributed by atoms with van der Waals surface area (Å²) in [5, 5.41) is -0.758. The van der Waals surface area contributed by atoms with E-state index in [4.69, 9.17) is 16.3 Å². The van der Waals surface area contributed by atoms with Crippen molar-refractivity contribution in [3.8, 4) is 0 Å². The normalized spacial score (nSPS) is 16.5. The van der Waals surface area contributed by atoms with Gasteiger partial charge in [-0.1, -0.05) is 23.4 Å². The van der Waals surface area contributed by atoms with Crippen LogP contribution in [0.4, 0.5) is 10.1 Å². The van der Waals surface area contributed by atoms with Crippen molar-refractivity contribution in [2.45, 2.75) is 45.6 Å². The molecule has 0 saturated carbocycles. The highest BCUT2D eigenvalue weighted by atomic mass is 35.5. The fourth-order valence-electron chi connectivity index (χ4n) is 3.32. The lowest BCUT2D eigenvalue weighted by molar-refractivity contribution is -0.144. The molecule has 3 rings (SSSR count). The predicted octanol–water partition coefficient (Wildman–Crippen LogP) is 4.05. The molecule has 0 atom stereocenters. The van der Waals surface area contributed by atoms with E-state index in [-0.39, 0.29) is 28.1 Å². The van der Waals surface area contributed by atoms with Gasteiger partial charge in [-0.15, -0.1) is 0 Å². The van der Waals surface area contributed by atoms with Crippen LogP contribution in [-0.4, -0.2) is 34.8 Å². The highest BCUT2D eigenvalue weighted by Gasteiger charge is 2.41. The van der Waals surface area contributed by atoms with Gasteiger partial charge in [0.25, 0.3) is 11.8 Å². The van der Waals surface area contributed by atoms with Crippen molar-refractivity contribution in [3.63, 3.8) is 0 Å². The average Bonchev–Trinajstić information content (AvgIpc) is 2.91. The fourth-order valence-corrected chi connectivity index (χ4v) is 4.26. The van der Waals surface area contributed by atoms with E-state index < -0.39 is 28.7 Å². The molecule has 1 aromatic carbocycles. The second-order valence-electron chi connectivity index (χ2n) is 7.01. The SMILES string of the molecule is CC(C)OC(=O)CSC(=O)c1cc(N2C(=O)C3=C(CCCC3)C2=O)c(F)cc1Cl. The topological polar surface area (TPSA) is 80.8 Å². The van der Waals surface area contributed by atoms with Gasteiger partial charge < -0.3 is 4.74 Å². The summed E-state index contributed by atoms with van der Waals surface area (Å²) >= 11 is 6.66. The van der Waals surface area contributed by atoms with E-state index in [1.165, 1.54) is 0 Å². The molecule has 1 aliphatic heterocycles. The number of halogens is 2. The highest BCUT2D eigenvalue weighted by Crippen LogP contribution is 2.38. The lowest BCUT2D eigenvalue weighted by atomic mass is 9.93. The number of rotatable bonds is 5. The molecule has 0 fully saturated rings. The second kappa shape index (κ2) is 8.67. The number of amides is 2. The maximum absolute atomic E-state index is 14.6. The molecule has 0 unspecified atom stereocenters. The zero-order valence-electron chi connectivity index (χ0n) is 15.9. The van der Waals surface area contributed by atoms with Gasteiger partial charge in [-0.05, 0) is 51.7 Å². The third kappa shape index (κ3) is 4.38. The Bertz CT molecular complexity index is 915. The first kappa shape index (κ1) is 21.5. The summed E-state index contributed by atoms with van der Waals surface area (Å²) in [5.41, 5.74) is 0.423. The van der Waals surface area contributed by atoms with E-state index in [1.54, 1.807) is 13.8 Å². The van der Waals surface area contributed by atoms with Crippen molar-refractivity contribution >= 4 is 51.9 Å². The van der Waals surface area contributed by atoms with Gasteiger partial charge in [-0.3, -0.25) is 19.2 Å². The molecule has 0 aromatic heterocycles. The Kier molecular flexibility index (Phi) is 6.43. The zero-order chi connectivity index (χ0) is 21.3. The van der Waals surface area contributed by atoms with Crippen LogP contribution >= 0.6 is 23.4 Å². The van der Waals surface area contributed by atoms with E-state index >= 15 is 0 Å². The predicted molar refractivity (Wildman–Crippen MR) is 107 cm³/mol. The molecular weight excluding hydrogens is 421 g/mol. The van der Waals surface area contributed by atoms with Crippen LogP contribution in [0.25, 0.3) is 0 Å². The summed E-state index contributed by atoms with van der Waals surface area (Å²) in [4.78, 5) is 50.3. The minimum absolute atomic E-state index is 0.0871. The Balaban J connectivity index is 1.85. The van der Waals surface area contributed by atoms with Crippen LogP contribution < -0.4 is 4.90 Å². The van der Waals surface area contributed by atoms with Crippen molar-refractivity contribution in [1.29, 1.82) is 0 Å². The summed E-state index contributed by atoms with van der Waals surface area (Å²) in [6, 6.07) is 1.99. The van der Waals surface area contributed by atoms with Crippen LogP contribution in [0.15, 0.2) is 23.3 Å². The van der Waals surface area contributed by atoms with Gasteiger partial charge >= 0.3 is 5.97 Å². The van der Waals surface area contributed by atoms with Gasteiger partial charge in [0.1, 0.15) is 5.82 Å². The largest absolute Gasteiger partial charge is 0.462 e. The average molecular weight is 440 g/mol. The van der Waals surface area contributed by atoms with E-state index in [1.807, 2.05) is 0 Å². The standard InChI is InChI=1S/C20H19ClFNO5S/c1-10(2)28-17(24)9-29-20(27)13-7-16(15(22)8-14(13)21)23-18(25)11-5-3-4-6-12(11)19(23)26/h7-8,10H,3-6,9H2,1-2H3. The number of benzene rings is 1. The monoisotopic (exact) mass is 439 g/mol. The van der Waals surface area contributed by atoms with E-state index in [0.717, 1.165) is 29.9 Å². The Morgan fingerprint density at radius 3 is 2.31 bits per heavy atom. The summed E-state index contributed by atoms with van der Waals surface area (Å²) in [5.74, 6) is -2.80. The van der Waals surface area contributed by atoms with Crippen molar-refractivity contribution in [1.82, 2.24) is 0 Å². The Labute approximate surface area is 176 Å². The van der Waals surface area contributed by atoms with Crippen LogP contribution in [-0.2, 0) is 19.1 Å². The lowest BCUT2D eigenvalue weighted by Crippen LogP contribution is -2.32.